The molecule has 0 aliphatic rings. The second-order valence-electron chi connectivity index (χ2n) is 5.13. The highest BCUT2D eigenvalue weighted by Crippen LogP contribution is 2.13. The van der Waals surface area contributed by atoms with Crippen molar-refractivity contribution in [2.24, 2.45) is 5.10 Å². The molecule has 0 radical (unpaired) electrons. The lowest BCUT2D eigenvalue weighted by Crippen LogP contribution is -2.22. The van der Waals surface area contributed by atoms with Gasteiger partial charge >= 0.3 is 0 Å². The van der Waals surface area contributed by atoms with Crippen LogP contribution in [-0.2, 0) is 14.8 Å². The van der Waals surface area contributed by atoms with E-state index in [4.69, 9.17) is 9.47 Å². The topological polar surface area (TPSA) is 77.0 Å². The van der Waals surface area contributed by atoms with E-state index in [1.807, 2.05) is 6.92 Å². The van der Waals surface area contributed by atoms with E-state index in [0.29, 0.717) is 11.5 Å². The lowest BCUT2D eigenvalue weighted by atomic mass is 10.1. The summed E-state index contributed by atoms with van der Waals surface area (Å²) in [4.78, 5) is 2.41. The zero-order valence-corrected chi connectivity index (χ0v) is 14.6. The van der Waals surface area contributed by atoms with Crippen LogP contribution in [0.4, 0.5) is 0 Å². The Morgan fingerprint density at radius 1 is 1.04 bits per heavy atom. The summed E-state index contributed by atoms with van der Waals surface area (Å²) in [7, 11) is -0.629. The first-order chi connectivity index (χ1) is 11.5. The highest BCUT2D eigenvalue weighted by molar-refractivity contribution is 7.89. The Hall–Kier alpha value is -2.38. The van der Waals surface area contributed by atoms with Gasteiger partial charge in [0.15, 0.2) is 0 Å². The molecular formula is C17H20N2O4S. The summed E-state index contributed by atoms with van der Waals surface area (Å²) in [6.45, 7) is 2.06. The average molecular weight is 348 g/mol. The second kappa shape index (κ2) is 7.94. The molecule has 0 amide bonds. The average Bonchev–Trinajstić information content (AvgIpc) is 2.59. The molecule has 7 heteroatoms. The predicted molar refractivity (Wildman–Crippen MR) is 92.9 cm³/mol. The van der Waals surface area contributed by atoms with Gasteiger partial charge in [0.2, 0.25) is 0 Å². The lowest BCUT2D eigenvalue weighted by Gasteiger charge is -2.09. The summed E-state index contributed by atoms with van der Waals surface area (Å²) in [6.07, 6.45) is 0. The fraction of sp³-hybridized carbons (Fsp3) is 0.235. The summed E-state index contributed by atoms with van der Waals surface area (Å²) >= 11 is 0. The molecule has 0 heterocycles. The van der Waals surface area contributed by atoms with Gasteiger partial charge in [-0.05, 0) is 43.3 Å². The van der Waals surface area contributed by atoms with Crippen LogP contribution < -0.4 is 9.57 Å². The summed E-state index contributed by atoms with van der Waals surface area (Å²) in [5, 5.41) is 4.02. The quantitative estimate of drug-likeness (QED) is 0.615. The largest absolute Gasteiger partial charge is 0.497 e. The molecule has 0 atom stereocenters. The number of sulfonamides is 1. The number of nitrogens with zero attached hydrogens (tertiary/aromatic N) is 1. The van der Waals surface area contributed by atoms with Crippen molar-refractivity contribution in [1.29, 1.82) is 0 Å². The van der Waals surface area contributed by atoms with Crippen LogP contribution >= 0.6 is 0 Å². The number of methoxy groups -OCH3 is 2. The first-order valence-electron chi connectivity index (χ1n) is 7.24. The smallest absolute Gasteiger partial charge is 0.276 e. The molecule has 0 bridgehead atoms. The summed E-state index contributed by atoms with van der Waals surface area (Å²) < 4.78 is 34.8. The minimum atomic E-state index is -3.73. The third-order valence-electron chi connectivity index (χ3n) is 3.34. The molecule has 0 saturated carbocycles. The maximum absolute atomic E-state index is 12.3. The van der Waals surface area contributed by atoms with Gasteiger partial charge in [0.25, 0.3) is 10.0 Å². The highest BCUT2D eigenvalue weighted by Gasteiger charge is 2.13. The Kier molecular flexibility index (Phi) is 5.94. The first-order valence-corrected chi connectivity index (χ1v) is 8.73. The lowest BCUT2D eigenvalue weighted by molar-refractivity contribution is 0.245. The molecule has 6 nitrogen and oxygen atoms in total. The minimum absolute atomic E-state index is 0.156. The van der Waals surface area contributed by atoms with Gasteiger partial charge in [-0.15, -0.1) is 0 Å². The minimum Gasteiger partial charge on any atom is -0.497 e. The van der Waals surface area contributed by atoms with Crippen LogP contribution in [0.3, 0.4) is 0 Å². The normalized spacial score (nSPS) is 12.0. The Balaban J connectivity index is 2.25. The molecule has 128 valence electrons. The van der Waals surface area contributed by atoms with Crippen molar-refractivity contribution in [1.82, 2.24) is 4.83 Å². The van der Waals surface area contributed by atoms with Gasteiger partial charge in [0.05, 0.1) is 24.3 Å². The Morgan fingerprint density at radius 3 is 2.21 bits per heavy atom. The van der Waals surface area contributed by atoms with E-state index in [1.165, 1.54) is 19.2 Å². The van der Waals surface area contributed by atoms with E-state index in [9.17, 15) is 8.42 Å². The fourth-order valence-corrected chi connectivity index (χ4v) is 2.82. The monoisotopic (exact) mass is 348 g/mol. The van der Waals surface area contributed by atoms with Crippen LogP contribution in [0.5, 0.6) is 5.75 Å². The first kappa shape index (κ1) is 18.0. The van der Waals surface area contributed by atoms with Crippen LogP contribution in [0.2, 0.25) is 0 Å². The molecule has 0 unspecified atom stereocenters. The van der Waals surface area contributed by atoms with Gasteiger partial charge in [0, 0.05) is 12.7 Å². The molecule has 0 aliphatic heterocycles. The number of rotatable bonds is 7. The third kappa shape index (κ3) is 4.56. The maximum Gasteiger partial charge on any atom is 0.276 e. The zero-order chi connectivity index (χ0) is 17.6. The van der Waals surface area contributed by atoms with Crippen molar-refractivity contribution in [3.8, 4) is 5.75 Å². The summed E-state index contributed by atoms with van der Waals surface area (Å²) in [5.74, 6) is 0.704. The number of aryl methyl sites for hydroxylation is 1. The van der Waals surface area contributed by atoms with Crippen LogP contribution in [-0.4, -0.2) is 35.0 Å². The number of hydrogen-bond donors (Lipinski definition) is 1. The Bertz CT molecular complexity index is 797. The van der Waals surface area contributed by atoms with E-state index in [-0.39, 0.29) is 11.5 Å². The highest BCUT2D eigenvalue weighted by atomic mass is 32.2. The molecule has 1 N–H and O–H groups in total. The summed E-state index contributed by atoms with van der Waals surface area (Å²) in [5.41, 5.74) is 2.19. The van der Waals surface area contributed by atoms with Gasteiger partial charge < -0.3 is 9.47 Å². The van der Waals surface area contributed by atoms with E-state index in [1.54, 1.807) is 43.5 Å². The maximum atomic E-state index is 12.3. The van der Waals surface area contributed by atoms with Crippen molar-refractivity contribution in [3.63, 3.8) is 0 Å². The summed E-state index contributed by atoms with van der Waals surface area (Å²) in [6, 6.07) is 13.7. The van der Waals surface area contributed by atoms with E-state index < -0.39 is 10.0 Å². The Morgan fingerprint density at radius 2 is 1.67 bits per heavy atom. The molecule has 0 spiro atoms. The SMILES string of the molecule is COC/C(=N/NS(=O)(=O)c1ccc(C)cc1)c1ccc(OC)cc1. The standard InChI is InChI=1S/C17H20N2O4S/c1-13-4-10-16(11-5-13)24(20,21)19-18-17(12-22-2)14-6-8-15(23-3)9-7-14/h4-11,19H,12H2,1-3H3/b18-17-. The molecule has 0 aliphatic carbocycles. The number of benzene rings is 2. The molecule has 2 aromatic carbocycles. The predicted octanol–water partition coefficient (Wildman–Crippen LogP) is 2.33. The number of nitrogens with one attached hydrogen (secondary N) is 1. The molecule has 2 rings (SSSR count). The van der Waals surface area contributed by atoms with Crippen LogP contribution in [0.25, 0.3) is 0 Å². The second-order valence-corrected chi connectivity index (χ2v) is 6.79. The molecule has 24 heavy (non-hydrogen) atoms. The van der Waals surface area contributed by atoms with Gasteiger partial charge in [0.1, 0.15) is 5.75 Å². The van der Waals surface area contributed by atoms with E-state index in [0.717, 1.165) is 11.1 Å². The van der Waals surface area contributed by atoms with Crippen molar-refractivity contribution >= 4 is 15.7 Å². The Labute approximate surface area is 142 Å². The van der Waals surface area contributed by atoms with Crippen molar-refractivity contribution in [2.45, 2.75) is 11.8 Å². The van der Waals surface area contributed by atoms with E-state index in [2.05, 4.69) is 9.93 Å². The van der Waals surface area contributed by atoms with Gasteiger partial charge in [-0.1, -0.05) is 17.7 Å². The van der Waals surface area contributed by atoms with Crippen molar-refractivity contribution in [2.75, 3.05) is 20.8 Å². The van der Waals surface area contributed by atoms with Crippen molar-refractivity contribution < 1.29 is 17.9 Å². The van der Waals surface area contributed by atoms with Crippen molar-refractivity contribution in [3.05, 3.63) is 59.7 Å². The van der Waals surface area contributed by atoms with Crippen LogP contribution in [0.1, 0.15) is 11.1 Å². The van der Waals surface area contributed by atoms with E-state index >= 15 is 0 Å². The van der Waals surface area contributed by atoms with Gasteiger partial charge in [-0.25, -0.2) is 0 Å². The molecular weight excluding hydrogens is 328 g/mol. The van der Waals surface area contributed by atoms with Crippen LogP contribution in [0.15, 0.2) is 58.5 Å². The molecule has 0 saturated heterocycles. The number of hydrazone groups is 1. The molecule has 2 aromatic rings. The van der Waals surface area contributed by atoms with Gasteiger partial charge in [-0.2, -0.15) is 18.4 Å². The molecule has 0 aromatic heterocycles. The zero-order valence-electron chi connectivity index (χ0n) is 13.8. The van der Waals surface area contributed by atoms with Crippen LogP contribution in [0, 0.1) is 6.92 Å². The number of hydrogen-bond acceptors (Lipinski definition) is 5. The van der Waals surface area contributed by atoms with Gasteiger partial charge in [-0.3, -0.25) is 0 Å². The number of ether oxygens (including phenoxy) is 2. The molecule has 0 fully saturated rings. The fourth-order valence-electron chi connectivity index (χ4n) is 1.99. The third-order valence-corrected chi connectivity index (χ3v) is 4.56.